The molecule has 0 aliphatic carbocycles. The van der Waals surface area contributed by atoms with Crippen LogP contribution in [-0.4, -0.2) is 35.1 Å². The van der Waals surface area contributed by atoms with Crippen LogP contribution in [0.4, 0.5) is 17.5 Å². The smallest absolute Gasteiger partial charge is 0.230 e. The molecule has 0 saturated carbocycles. The summed E-state index contributed by atoms with van der Waals surface area (Å²) in [5.74, 6) is 1.51. The number of aryl methyl sites for hydroxylation is 1. The Morgan fingerprint density at radius 1 is 0.737 bits per heavy atom. The van der Waals surface area contributed by atoms with E-state index in [1.165, 1.54) is 0 Å². The van der Waals surface area contributed by atoms with E-state index in [4.69, 9.17) is 10.5 Å². The van der Waals surface area contributed by atoms with Crippen LogP contribution in [0.5, 0.6) is 11.8 Å². The van der Waals surface area contributed by atoms with E-state index < -0.39 is 0 Å². The van der Waals surface area contributed by atoms with Gasteiger partial charge in [0.2, 0.25) is 17.7 Å². The van der Waals surface area contributed by atoms with E-state index >= 15 is 0 Å². The molecule has 0 radical (unpaired) electrons. The number of hydrogen-bond acceptors (Lipinski definition) is 10. The largest absolute Gasteiger partial charge is 0.420 e. The lowest BCUT2D eigenvalue weighted by molar-refractivity contribution is 0.446. The van der Waals surface area contributed by atoms with Crippen LogP contribution in [0.3, 0.4) is 0 Å². The standard InChI is InChI=1S/C28H21N9O/c1-17-6-4-10-23(33-17)25-19-7-2-3-8-20(19)26(37-36-25)34-18-11-12-24(32-16-18)38-27-21(9-5-14-30-27)22-13-15-31-28(29)35-22/h2-16H,1H3,(H,34,37)(H2,29,31,35). The number of pyridine rings is 3. The van der Waals surface area contributed by atoms with E-state index in [1.807, 2.05) is 61.5 Å². The molecule has 0 bridgehead atoms. The summed E-state index contributed by atoms with van der Waals surface area (Å²) in [6.45, 7) is 1.95. The third kappa shape index (κ3) is 4.65. The number of anilines is 3. The van der Waals surface area contributed by atoms with Crippen molar-refractivity contribution in [2.75, 3.05) is 11.1 Å². The Hall–Kier alpha value is -5.51. The van der Waals surface area contributed by atoms with Gasteiger partial charge in [0.15, 0.2) is 5.82 Å². The highest BCUT2D eigenvalue weighted by Crippen LogP contribution is 2.32. The first-order chi connectivity index (χ1) is 18.6. The molecule has 3 N–H and O–H groups in total. The molecule has 10 heteroatoms. The fourth-order valence-corrected chi connectivity index (χ4v) is 4.00. The molecule has 5 aromatic heterocycles. The first kappa shape index (κ1) is 22.9. The van der Waals surface area contributed by atoms with E-state index in [1.54, 1.807) is 36.8 Å². The zero-order valence-corrected chi connectivity index (χ0v) is 20.3. The second kappa shape index (κ2) is 9.86. The first-order valence-electron chi connectivity index (χ1n) is 11.8. The van der Waals surface area contributed by atoms with Gasteiger partial charge in [0.05, 0.1) is 28.8 Å². The summed E-state index contributed by atoms with van der Waals surface area (Å²) in [5.41, 5.74) is 10.2. The van der Waals surface area contributed by atoms with Crippen LogP contribution < -0.4 is 15.8 Å². The molecule has 10 nitrogen and oxygen atoms in total. The molecule has 1 aromatic carbocycles. The quantitative estimate of drug-likeness (QED) is 0.308. The van der Waals surface area contributed by atoms with E-state index in [0.29, 0.717) is 28.8 Å². The van der Waals surface area contributed by atoms with Crippen molar-refractivity contribution in [2.45, 2.75) is 6.92 Å². The summed E-state index contributed by atoms with van der Waals surface area (Å²) >= 11 is 0. The van der Waals surface area contributed by atoms with E-state index in [9.17, 15) is 0 Å². The molecule has 6 aromatic rings. The minimum absolute atomic E-state index is 0.171. The van der Waals surface area contributed by atoms with Crippen LogP contribution in [0.2, 0.25) is 0 Å². The van der Waals surface area contributed by atoms with Gasteiger partial charge in [-0.2, -0.15) is 0 Å². The maximum atomic E-state index is 5.97. The molecule has 0 amide bonds. The van der Waals surface area contributed by atoms with Gasteiger partial charge < -0.3 is 15.8 Å². The molecule has 184 valence electrons. The maximum Gasteiger partial charge on any atom is 0.230 e. The lowest BCUT2D eigenvalue weighted by Crippen LogP contribution is -2.01. The van der Waals surface area contributed by atoms with Gasteiger partial charge in [-0.3, -0.25) is 4.98 Å². The van der Waals surface area contributed by atoms with Gasteiger partial charge in [-0.25, -0.2) is 19.9 Å². The molecule has 0 spiro atoms. The van der Waals surface area contributed by atoms with E-state index in [2.05, 4.69) is 40.4 Å². The van der Waals surface area contributed by atoms with Crippen molar-refractivity contribution in [3.05, 3.63) is 97.1 Å². The summed E-state index contributed by atoms with van der Waals surface area (Å²) in [6, 6.07) is 22.8. The molecule has 0 saturated heterocycles. The number of fused-ring (bicyclic) bond motifs is 1. The fraction of sp³-hybridized carbons (Fsp3) is 0.0357. The summed E-state index contributed by atoms with van der Waals surface area (Å²) < 4.78 is 5.97. The lowest BCUT2D eigenvalue weighted by atomic mass is 10.1. The monoisotopic (exact) mass is 499 g/mol. The Morgan fingerprint density at radius 3 is 2.45 bits per heavy atom. The average Bonchev–Trinajstić information content (AvgIpc) is 2.94. The molecule has 38 heavy (non-hydrogen) atoms. The predicted molar refractivity (Wildman–Crippen MR) is 145 cm³/mol. The zero-order chi connectivity index (χ0) is 25.9. The summed E-state index contributed by atoms with van der Waals surface area (Å²) in [7, 11) is 0. The van der Waals surface area contributed by atoms with Gasteiger partial charge in [0, 0.05) is 34.9 Å². The maximum absolute atomic E-state index is 5.97. The number of aromatic nitrogens is 7. The number of benzene rings is 1. The van der Waals surface area contributed by atoms with Crippen molar-refractivity contribution in [2.24, 2.45) is 0 Å². The minimum Gasteiger partial charge on any atom is -0.420 e. The number of rotatable bonds is 6. The predicted octanol–water partition coefficient (Wildman–Crippen LogP) is 5.37. The normalized spacial score (nSPS) is 10.9. The van der Waals surface area contributed by atoms with Crippen molar-refractivity contribution in [1.82, 2.24) is 35.1 Å². The van der Waals surface area contributed by atoms with Gasteiger partial charge in [0.25, 0.3) is 0 Å². The third-order valence-corrected chi connectivity index (χ3v) is 5.74. The molecule has 5 heterocycles. The van der Waals surface area contributed by atoms with Gasteiger partial charge in [-0.05, 0) is 43.3 Å². The van der Waals surface area contributed by atoms with E-state index in [-0.39, 0.29) is 5.95 Å². The van der Waals surface area contributed by atoms with Crippen LogP contribution in [0.15, 0.2) is 91.4 Å². The summed E-state index contributed by atoms with van der Waals surface area (Å²) in [6.07, 6.45) is 4.88. The van der Waals surface area contributed by atoms with Crippen molar-refractivity contribution in [3.8, 4) is 34.4 Å². The van der Waals surface area contributed by atoms with Crippen LogP contribution in [0.25, 0.3) is 33.4 Å². The van der Waals surface area contributed by atoms with Crippen molar-refractivity contribution < 1.29 is 4.74 Å². The molecule has 6 rings (SSSR count). The van der Waals surface area contributed by atoms with Gasteiger partial charge in [-0.1, -0.05) is 30.3 Å². The highest BCUT2D eigenvalue weighted by atomic mass is 16.5. The SMILES string of the molecule is Cc1cccc(-c2nnc(Nc3ccc(Oc4ncccc4-c4ccnc(N)n4)nc3)c3ccccc23)n1. The average molecular weight is 500 g/mol. The fourth-order valence-electron chi connectivity index (χ4n) is 4.00. The highest BCUT2D eigenvalue weighted by molar-refractivity contribution is 6.00. The molecular formula is C28H21N9O. The zero-order valence-electron chi connectivity index (χ0n) is 20.3. The van der Waals surface area contributed by atoms with Gasteiger partial charge in [-0.15, -0.1) is 10.2 Å². The number of nitrogens with zero attached hydrogens (tertiary/aromatic N) is 7. The molecular weight excluding hydrogens is 478 g/mol. The number of nitrogens with two attached hydrogens (primary N) is 1. The molecule has 0 aliphatic heterocycles. The highest BCUT2D eigenvalue weighted by Gasteiger charge is 2.14. The van der Waals surface area contributed by atoms with Crippen molar-refractivity contribution in [1.29, 1.82) is 0 Å². The van der Waals surface area contributed by atoms with Gasteiger partial charge >= 0.3 is 0 Å². The molecule has 0 atom stereocenters. The van der Waals surface area contributed by atoms with E-state index in [0.717, 1.165) is 33.5 Å². The Labute approximate surface area is 217 Å². The van der Waals surface area contributed by atoms with Crippen LogP contribution in [0, 0.1) is 6.92 Å². The number of hydrogen-bond donors (Lipinski definition) is 2. The Bertz CT molecular complexity index is 1760. The van der Waals surface area contributed by atoms with Crippen molar-refractivity contribution in [3.63, 3.8) is 0 Å². The molecule has 0 aliphatic rings. The molecule has 0 fully saturated rings. The minimum atomic E-state index is 0.171. The number of ether oxygens (including phenoxy) is 1. The van der Waals surface area contributed by atoms with Crippen LogP contribution >= 0.6 is 0 Å². The molecule has 0 unspecified atom stereocenters. The van der Waals surface area contributed by atoms with Crippen LogP contribution in [0.1, 0.15) is 5.69 Å². The topological polar surface area (TPSA) is 138 Å². The summed E-state index contributed by atoms with van der Waals surface area (Å²) in [4.78, 5) is 21.6. The Kier molecular flexibility index (Phi) is 5.95. The van der Waals surface area contributed by atoms with Crippen LogP contribution in [-0.2, 0) is 0 Å². The summed E-state index contributed by atoms with van der Waals surface area (Å²) in [5, 5.41) is 14.1. The third-order valence-electron chi connectivity index (χ3n) is 5.74. The number of nitrogen functional groups attached to an aromatic ring is 1. The number of nitrogens with one attached hydrogen (secondary N) is 1. The lowest BCUT2D eigenvalue weighted by Gasteiger charge is -2.12. The Morgan fingerprint density at radius 2 is 1.63 bits per heavy atom. The van der Waals surface area contributed by atoms with Gasteiger partial charge in [0.1, 0.15) is 5.69 Å². The van der Waals surface area contributed by atoms with Crippen molar-refractivity contribution >= 4 is 28.2 Å². The second-order valence-corrected chi connectivity index (χ2v) is 8.38. The Balaban J connectivity index is 1.26. The second-order valence-electron chi connectivity index (χ2n) is 8.38. The first-order valence-corrected chi connectivity index (χ1v) is 11.8.